The van der Waals surface area contributed by atoms with Crippen LogP contribution in [-0.4, -0.2) is 19.7 Å². The first-order valence-corrected chi connectivity index (χ1v) is 4.59. The molecule has 0 saturated carbocycles. The summed E-state index contributed by atoms with van der Waals surface area (Å²) in [6.45, 7) is 0. The summed E-state index contributed by atoms with van der Waals surface area (Å²) in [6.07, 6.45) is 1.68. The number of aromatic nitrogens is 4. The third-order valence-corrected chi connectivity index (χ3v) is 2.36. The number of fused-ring (bicyclic) bond motifs is 1. The van der Waals surface area contributed by atoms with Crippen molar-refractivity contribution in [2.24, 2.45) is 0 Å². The minimum Gasteiger partial charge on any atom is -0.323 e. The second kappa shape index (κ2) is 2.84. The molecule has 2 N–H and O–H groups in total. The molecule has 0 spiro atoms. The van der Waals surface area contributed by atoms with E-state index in [4.69, 9.17) is 5.84 Å². The topological polar surface area (TPSA) is 61.1 Å². The van der Waals surface area contributed by atoms with Crippen molar-refractivity contribution in [3.63, 3.8) is 0 Å². The van der Waals surface area contributed by atoms with E-state index in [1.54, 1.807) is 10.8 Å². The average Bonchev–Trinajstić information content (AvgIpc) is 2.83. The van der Waals surface area contributed by atoms with Gasteiger partial charge in [0.25, 0.3) is 0 Å². The standard InChI is InChI=1S/C10H9N5/c11-14-10(8-4-2-1-3-5-8)6-9-7-12-13-15(9)14/h1-7H,11H2. The van der Waals surface area contributed by atoms with Crippen molar-refractivity contribution >= 4 is 5.52 Å². The third kappa shape index (κ3) is 1.10. The summed E-state index contributed by atoms with van der Waals surface area (Å²) >= 11 is 0. The summed E-state index contributed by atoms with van der Waals surface area (Å²) in [5.74, 6) is 5.89. The highest BCUT2D eigenvalue weighted by Gasteiger charge is 2.08. The Kier molecular flexibility index (Phi) is 1.53. The van der Waals surface area contributed by atoms with Crippen molar-refractivity contribution in [2.75, 3.05) is 5.84 Å². The van der Waals surface area contributed by atoms with Gasteiger partial charge in [-0.15, -0.1) is 9.73 Å². The molecule has 2 heterocycles. The Balaban J connectivity index is 2.27. The first-order valence-electron chi connectivity index (χ1n) is 4.59. The van der Waals surface area contributed by atoms with Crippen molar-refractivity contribution in [1.29, 1.82) is 0 Å². The summed E-state index contributed by atoms with van der Waals surface area (Å²) in [5.41, 5.74) is 2.86. The van der Waals surface area contributed by atoms with Gasteiger partial charge in [0, 0.05) is 5.56 Å². The normalized spacial score (nSPS) is 10.9. The van der Waals surface area contributed by atoms with E-state index >= 15 is 0 Å². The zero-order valence-corrected chi connectivity index (χ0v) is 7.91. The van der Waals surface area contributed by atoms with Gasteiger partial charge in [0.15, 0.2) is 0 Å². The van der Waals surface area contributed by atoms with Gasteiger partial charge >= 0.3 is 0 Å². The van der Waals surface area contributed by atoms with Gasteiger partial charge in [-0.3, -0.25) is 0 Å². The van der Waals surface area contributed by atoms with Gasteiger partial charge < -0.3 is 5.84 Å². The van der Waals surface area contributed by atoms with Crippen LogP contribution < -0.4 is 5.84 Å². The fraction of sp³-hybridized carbons (Fsp3) is 0. The number of benzene rings is 1. The van der Waals surface area contributed by atoms with Crippen molar-refractivity contribution in [2.45, 2.75) is 0 Å². The van der Waals surface area contributed by atoms with Gasteiger partial charge in [-0.25, -0.2) is 0 Å². The Morgan fingerprint density at radius 1 is 1.13 bits per heavy atom. The number of hydrogen-bond donors (Lipinski definition) is 1. The zero-order valence-electron chi connectivity index (χ0n) is 7.91. The number of nitrogens with two attached hydrogens (primary N) is 1. The molecule has 0 radical (unpaired) electrons. The lowest BCUT2D eigenvalue weighted by molar-refractivity contribution is 0.649. The molecule has 0 atom stereocenters. The molecule has 0 unspecified atom stereocenters. The molecule has 0 saturated heterocycles. The lowest BCUT2D eigenvalue weighted by Crippen LogP contribution is -2.17. The summed E-state index contributed by atoms with van der Waals surface area (Å²) in [7, 11) is 0. The molecule has 5 heteroatoms. The Labute approximate surface area is 85.7 Å². The predicted octanol–water partition coefficient (Wildman–Crippen LogP) is 0.912. The van der Waals surface area contributed by atoms with E-state index in [0.717, 1.165) is 16.8 Å². The van der Waals surface area contributed by atoms with Crippen LogP contribution in [0, 0.1) is 0 Å². The minimum atomic E-state index is 0.886. The third-order valence-electron chi connectivity index (χ3n) is 2.36. The van der Waals surface area contributed by atoms with Crippen LogP contribution in [-0.2, 0) is 0 Å². The van der Waals surface area contributed by atoms with Gasteiger partial charge in [0.1, 0.15) is 5.52 Å². The quantitative estimate of drug-likeness (QED) is 0.592. The monoisotopic (exact) mass is 199 g/mol. The lowest BCUT2D eigenvalue weighted by Gasteiger charge is -2.01. The van der Waals surface area contributed by atoms with E-state index in [0.29, 0.717) is 0 Å². The first kappa shape index (κ1) is 8.05. The molecule has 0 amide bonds. The van der Waals surface area contributed by atoms with Crippen LogP contribution in [0.5, 0.6) is 0 Å². The molecular formula is C10H9N5. The first-order chi connectivity index (χ1) is 7.36. The lowest BCUT2D eigenvalue weighted by atomic mass is 10.1. The van der Waals surface area contributed by atoms with E-state index in [-0.39, 0.29) is 0 Å². The van der Waals surface area contributed by atoms with Crippen molar-refractivity contribution in [3.8, 4) is 11.3 Å². The highest BCUT2D eigenvalue weighted by molar-refractivity contribution is 5.65. The summed E-state index contributed by atoms with van der Waals surface area (Å²) in [5, 5.41) is 7.64. The molecule has 15 heavy (non-hydrogen) atoms. The van der Waals surface area contributed by atoms with E-state index in [9.17, 15) is 0 Å². The highest BCUT2D eigenvalue weighted by atomic mass is 15.7. The van der Waals surface area contributed by atoms with Crippen LogP contribution >= 0.6 is 0 Å². The number of nitrogens with zero attached hydrogens (tertiary/aromatic N) is 4. The SMILES string of the molecule is Nn1c(-c2ccccc2)cc2cnnn21. The fourth-order valence-electron chi connectivity index (χ4n) is 1.63. The maximum absolute atomic E-state index is 5.89. The molecule has 74 valence electrons. The van der Waals surface area contributed by atoms with Gasteiger partial charge in [0.05, 0.1) is 11.9 Å². The summed E-state index contributed by atoms with van der Waals surface area (Å²) < 4.78 is 1.56. The maximum atomic E-state index is 5.89. The molecule has 3 rings (SSSR count). The molecule has 0 aliphatic heterocycles. The van der Waals surface area contributed by atoms with Crippen LogP contribution in [0.25, 0.3) is 16.8 Å². The van der Waals surface area contributed by atoms with E-state index in [1.165, 1.54) is 4.79 Å². The van der Waals surface area contributed by atoms with Crippen LogP contribution in [0.3, 0.4) is 0 Å². The van der Waals surface area contributed by atoms with Crippen LogP contribution in [0.1, 0.15) is 0 Å². The molecule has 3 aromatic rings. The van der Waals surface area contributed by atoms with E-state index in [2.05, 4.69) is 10.3 Å². The van der Waals surface area contributed by atoms with Crippen LogP contribution in [0.4, 0.5) is 0 Å². The molecule has 1 aromatic carbocycles. The Bertz CT molecular complexity index is 593. The predicted molar refractivity (Wildman–Crippen MR) is 56.6 cm³/mol. The molecule has 2 aromatic heterocycles. The second-order valence-electron chi connectivity index (χ2n) is 3.29. The molecular weight excluding hydrogens is 190 g/mol. The van der Waals surface area contributed by atoms with Crippen molar-refractivity contribution in [3.05, 3.63) is 42.6 Å². The smallest absolute Gasteiger partial charge is 0.110 e. The summed E-state index contributed by atoms with van der Waals surface area (Å²) in [6, 6.07) is 11.9. The molecule has 0 fully saturated rings. The fourth-order valence-corrected chi connectivity index (χ4v) is 1.63. The van der Waals surface area contributed by atoms with Gasteiger partial charge in [-0.1, -0.05) is 30.3 Å². The van der Waals surface area contributed by atoms with E-state index in [1.807, 2.05) is 36.4 Å². The van der Waals surface area contributed by atoms with Gasteiger partial charge in [-0.2, -0.15) is 4.79 Å². The number of nitrogen functional groups attached to an aromatic ring is 1. The second-order valence-corrected chi connectivity index (χ2v) is 3.29. The Hall–Kier alpha value is -2.30. The average molecular weight is 199 g/mol. The zero-order chi connectivity index (χ0) is 10.3. The van der Waals surface area contributed by atoms with E-state index < -0.39 is 0 Å². The van der Waals surface area contributed by atoms with Crippen molar-refractivity contribution in [1.82, 2.24) is 19.7 Å². The largest absolute Gasteiger partial charge is 0.323 e. The van der Waals surface area contributed by atoms with Crippen molar-refractivity contribution < 1.29 is 0 Å². The van der Waals surface area contributed by atoms with Crippen LogP contribution in [0.15, 0.2) is 42.6 Å². The number of hydrogen-bond acceptors (Lipinski definition) is 3. The summed E-state index contributed by atoms with van der Waals surface area (Å²) in [4.78, 5) is 1.48. The van der Waals surface area contributed by atoms with Gasteiger partial charge in [0.2, 0.25) is 0 Å². The molecule has 0 aliphatic carbocycles. The number of rotatable bonds is 1. The minimum absolute atomic E-state index is 0.886. The Morgan fingerprint density at radius 2 is 1.93 bits per heavy atom. The molecule has 5 nitrogen and oxygen atoms in total. The maximum Gasteiger partial charge on any atom is 0.110 e. The molecule has 0 aliphatic rings. The van der Waals surface area contributed by atoms with Crippen LogP contribution in [0.2, 0.25) is 0 Å². The van der Waals surface area contributed by atoms with Gasteiger partial charge in [-0.05, 0) is 11.3 Å². The Morgan fingerprint density at radius 3 is 2.67 bits per heavy atom. The molecule has 0 bridgehead atoms. The highest BCUT2D eigenvalue weighted by Crippen LogP contribution is 2.19.